The zero-order chi connectivity index (χ0) is 25.7. The summed E-state index contributed by atoms with van der Waals surface area (Å²) >= 11 is 9.31. The summed E-state index contributed by atoms with van der Waals surface area (Å²) in [7, 11) is -6.10. The van der Waals surface area contributed by atoms with E-state index in [9.17, 15) is 16.8 Å². The van der Waals surface area contributed by atoms with Gasteiger partial charge >= 0.3 is 3.18 Å². The molecular weight excluding hydrogens is 643 g/mol. The molecule has 0 aromatic heterocycles. The van der Waals surface area contributed by atoms with Crippen LogP contribution in [0.1, 0.15) is 26.3 Å². The van der Waals surface area contributed by atoms with Crippen molar-refractivity contribution in [1.82, 2.24) is 0 Å². The second-order valence-electron chi connectivity index (χ2n) is 5.46. The number of phenolic OH excluding ortho intramolecular Hbond substituents is 1. The van der Waals surface area contributed by atoms with Gasteiger partial charge in [0.05, 0.1) is 7.11 Å². The van der Waals surface area contributed by atoms with Crippen molar-refractivity contribution in [3.63, 3.8) is 0 Å². The van der Waals surface area contributed by atoms with Crippen molar-refractivity contribution in [3.8, 4) is 11.5 Å². The van der Waals surface area contributed by atoms with Gasteiger partial charge in [-0.2, -0.15) is 0 Å². The van der Waals surface area contributed by atoms with Gasteiger partial charge in [-0.3, -0.25) is 0 Å². The Balaban J connectivity index is 0. The maximum atomic E-state index is 11.1. The van der Waals surface area contributed by atoms with Crippen molar-refractivity contribution in [2.45, 2.75) is 37.5 Å². The average molecular weight is 670 g/mol. The molecule has 0 amide bonds. The first-order chi connectivity index (χ1) is 14.5. The van der Waals surface area contributed by atoms with Gasteiger partial charge in [0.1, 0.15) is 21.3 Å². The zero-order valence-electron chi connectivity index (χ0n) is 18.3. The average Bonchev–Trinajstić information content (AvgIpc) is 2.63. The van der Waals surface area contributed by atoms with Gasteiger partial charge in [-0.25, -0.2) is 27.1 Å². The lowest BCUT2D eigenvalue weighted by atomic mass is 10.2. The summed E-state index contributed by atoms with van der Waals surface area (Å²) in [5.41, 5.74) is 1.56. The van der Waals surface area contributed by atoms with Crippen molar-refractivity contribution in [1.29, 1.82) is 0 Å². The van der Waals surface area contributed by atoms with Crippen molar-refractivity contribution in [2.75, 3.05) is 7.11 Å². The third-order valence-electron chi connectivity index (χ3n) is 3.05. The van der Waals surface area contributed by atoms with Crippen LogP contribution in [0.5, 0.6) is 11.5 Å². The fourth-order valence-electron chi connectivity index (χ4n) is 1.86. The van der Waals surface area contributed by atoms with E-state index in [1.54, 1.807) is 39.0 Å². The fraction of sp³-hybridized carbons (Fsp3) is 0.294. The molecule has 0 atom stereocenters. The largest absolute Gasteiger partial charge is 0.507 e. The summed E-state index contributed by atoms with van der Waals surface area (Å²) in [6.07, 6.45) is 0. The first kappa shape index (κ1) is 30.4. The lowest BCUT2D eigenvalue weighted by Crippen LogP contribution is -2.13. The smallest absolute Gasteiger partial charge is 0.369 e. The van der Waals surface area contributed by atoms with E-state index in [-0.39, 0.29) is 24.5 Å². The summed E-state index contributed by atoms with van der Waals surface area (Å²) in [6, 6.07) is 9.04. The minimum Gasteiger partial charge on any atom is -0.507 e. The second-order valence-corrected chi connectivity index (χ2v) is 15.0. The maximum absolute atomic E-state index is 11.1. The number of sulfonamides is 2. The molecule has 0 saturated heterocycles. The van der Waals surface area contributed by atoms with E-state index >= 15 is 0 Å². The van der Waals surface area contributed by atoms with Gasteiger partial charge in [-0.1, -0.05) is 26.0 Å². The van der Waals surface area contributed by atoms with Gasteiger partial charge in [-0.05, 0) is 49.2 Å². The van der Waals surface area contributed by atoms with Crippen LogP contribution in [0, 0.1) is 13.8 Å². The standard InChI is InChI=1S/C8H11NO3S.C7H9NO3S.C2H6.BBr3/c1-6-3-4-7(12-2)8(5-6)13(9,10)11;1-5-2-3-6(9)7(4-5)12(8,10)11;1-2;2-1(3)4/h3-5H,1-2H3,(H2,9,10,11);2-4,9H,1H3,(H2,8,10,11);1-2H3;/i;;1D;. The number of aromatic hydroxyl groups is 1. The number of methoxy groups -OCH3 is 1. The van der Waals surface area contributed by atoms with Crippen molar-refractivity contribution in [3.05, 3.63) is 47.5 Å². The van der Waals surface area contributed by atoms with E-state index in [2.05, 4.69) is 47.3 Å². The minimum atomic E-state index is -3.81. The highest BCUT2D eigenvalue weighted by molar-refractivity contribution is 9.69. The van der Waals surface area contributed by atoms with Crippen LogP contribution in [0.2, 0.25) is 0 Å². The van der Waals surface area contributed by atoms with Gasteiger partial charge in [0, 0.05) is 1.37 Å². The van der Waals surface area contributed by atoms with Gasteiger partial charge in [0.2, 0.25) is 20.0 Å². The highest BCUT2D eigenvalue weighted by atomic mass is 79.9. The monoisotopic (exact) mass is 667 g/mol. The Labute approximate surface area is 211 Å². The third-order valence-corrected chi connectivity index (χ3v) is 4.92. The predicted molar refractivity (Wildman–Crippen MR) is 137 cm³/mol. The van der Waals surface area contributed by atoms with Crippen LogP contribution < -0.4 is 15.0 Å². The molecule has 14 heteroatoms. The molecule has 2 aromatic carbocycles. The Bertz CT molecular complexity index is 1060. The first-order valence-electron chi connectivity index (χ1n) is 8.93. The summed E-state index contributed by atoms with van der Waals surface area (Å²) in [5.74, 6) is -0.0452. The van der Waals surface area contributed by atoms with E-state index in [1.165, 1.54) is 25.3 Å². The Morgan fingerprint density at radius 3 is 1.61 bits per heavy atom. The molecule has 0 spiro atoms. The lowest BCUT2D eigenvalue weighted by molar-refractivity contribution is 0.402. The minimum absolute atomic E-state index is 0.0231. The van der Waals surface area contributed by atoms with Crippen LogP contribution in [0.4, 0.5) is 0 Å². The highest BCUT2D eigenvalue weighted by Gasteiger charge is 2.14. The van der Waals surface area contributed by atoms with Crippen LogP contribution in [-0.4, -0.2) is 32.2 Å². The van der Waals surface area contributed by atoms with Gasteiger partial charge in [0.25, 0.3) is 0 Å². The molecule has 5 N–H and O–H groups in total. The molecule has 0 radical (unpaired) electrons. The third kappa shape index (κ3) is 14.2. The van der Waals surface area contributed by atoms with Crippen LogP contribution in [-0.2, 0) is 20.0 Å². The summed E-state index contributed by atoms with van der Waals surface area (Å²) in [4.78, 5) is -0.211. The molecule has 8 nitrogen and oxygen atoms in total. The van der Waals surface area contributed by atoms with E-state index in [1.807, 2.05) is 0 Å². The predicted octanol–water partition coefficient (Wildman–Crippen LogP) is 4.18. The first-order valence-corrected chi connectivity index (χ1v) is 14.1. The molecule has 0 aliphatic rings. The van der Waals surface area contributed by atoms with Gasteiger partial charge < -0.3 is 9.84 Å². The van der Waals surface area contributed by atoms with Crippen LogP contribution >= 0.6 is 47.3 Å². The number of aryl methyl sites for hydroxylation is 2. The van der Waals surface area contributed by atoms with E-state index in [4.69, 9.17) is 21.5 Å². The number of primary sulfonamides is 2. The van der Waals surface area contributed by atoms with E-state index in [0.717, 1.165) is 11.1 Å². The molecule has 0 fully saturated rings. The Morgan fingerprint density at radius 1 is 0.935 bits per heavy atom. The van der Waals surface area contributed by atoms with E-state index in [0.29, 0.717) is 6.90 Å². The summed E-state index contributed by atoms with van der Waals surface area (Å²) in [5, 5.41) is 18.9. The quantitative estimate of drug-likeness (QED) is 0.418. The topological polar surface area (TPSA) is 150 Å². The number of halogens is 3. The molecule has 176 valence electrons. The molecule has 0 heterocycles. The molecule has 0 bridgehead atoms. The van der Waals surface area contributed by atoms with Crippen molar-refractivity contribution in [2.24, 2.45) is 10.3 Å². The number of phenols is 1. The van der Waals surface area contributed by atoms with Crippen molar-refractivity contribution < 1.29 is 28.0 Å². The van der Waals surface area contributed by atoms with Crippen LogP contribution in [0.3, 0.4) is 0 Å². The molecule has 0 aliphatic carbocycles. The number of ether oxygens (including phenoxy) is 1. The maximum Gasteiger partial charge on any atom is 0.369 e. The van der Waals surface area contributed by atoms with E-state index < -0.39 is 20.0 Å². The van der Waals surface area contributed by atoms with Crippen LogP contribution in [0.15, 0.2) is 46.2 Å². The Morgan fingerprint density at radius 2 is 1.29 bits per heavy atom. The highest BCUT2D eigenvalue weighted by Crippen LogP contribution is 2.23. The molecule has 0 aliphatic heterocycles. The summed E-state index contributed by atoms with van der Waals surface area (Å²) < 4.78 is 55.1. The molecule has 0 saturated carbocycles. The number of benzene rings is 2. The molecule has 0 unspecified atom stereocenters. The number of hydrogen-bond acceptors (Lipinski definition) is 6. The van der Waals surface area contributed by atoms with Crippen molar-refractivity contribution >= 4 is 70.5 Å². The SMILES string of the molecule is BrB(Br)Br.COc1ccc(C)cc1S(N)(=O)=O.Cc1ccc(O)c(S(N)(=O)=O)c1.[2H]CC. The Hall–Kier alpha value is -0.635. The zero-order valence-corrected chi connectivity index (χ0v) is 23.7. The number of nitrogens with two attached hydrogens (primary N) is 2. The van der Waals surface area contributed by atoms with Gasteiger partial charge in [0.15, 0.2) is 0 Å². The molecular formula is C17H26BBr3N2O6S2. The molecule has 2 rings (SSSR count). The second kappa shape index (κ2) is 15.2. The fourth-order valence-corrected chi connectivity index (χ4v) is 3.35. The molecule has 2 aromatic rings. The number of hydrogen-bond donors (Lipinski definition) is 3. The summed E-state index contributed by atoms with van der Waals surface area (Å²) in [6.45, 7) is 5.79. The lowest BCUT2D eigenvalue weighted by Gasteiger charge is -2.06. The van der Waals surface area contributed by atoms with Crippen LogP contribution in [0.25, 0.3) is 0 Å². The molecule has 31 heavy (non-hydrogen) atoms. The van der Waals surface area contributed by atoms with Gasteiger partial charge in [-0.15, -0.1) is 47.3 Å². The number of rotatable bonds is 3. The Kier molecular flexibility index (Phi) is 14.9. The normalized spacial score (nSPS) is 10.7.